The molecule has 5 rings (SSSR count). The normalized spacial score (nSPS) is 18.4. The Labute approximate surface area is 323 Å². The first kappa shape index (κ1) is 45.3. The summed E-state index contributed by atoms with van der Waals surface area (Å²) in [5.41, 5.74) is 9.29. The lowest BCUT2D eigenvalue weighted by Crippen LogP contribution is -2.47. The Kier molecular flexibility index (Phi) is 17.8. The number of nitrogens with two attached hydrogens (primary N) is 1. The van der Waals surface area contributed by atoms with Crippen LogP contribution in [0.15, 0.2) is 83.6 Å². The van der Waals surface area contributed by atoms with E-state index in [2.05, 4.69) is 40.1 Å². The number of amidine groups is 1. The number of pyridine rings is 1. The topological polar surface area (TPSA) is 237 Å². The molecular formula is C39H58N8O6S. The third-order valence-electron chi connectivity index (χ3n) is 9.07. The number of urea groups is 1. The van der Waals surface area contributed by atoms with Gasteiger partial charge in [0.05, 0.1) is 24.5 Å². The average Bonchev–Trinajstić information content (AvgIpc) is 3.13. The molecule has 2 amide bonds. The number of nitrogens with one attached hydrogen (secondary N) is 4. The van der Waals surface area contributed by atoms with E-state index >= 15 is 0 Å². The summed E-state index contributed by atoms with van der Waals surface area (Å²) in [5.74, 6) is 1.69. The average molecular weight is 767 g/mol. The second kappa shape index (κ2) is 21.2. The van der Waals surface area contributed by atoms with Gasteiger partial charge >= 0.3 is 6.03 Å². The monoisotopic (exact) mass is 766 g/mol. The van der Waals surface area contributed by atoms with Gasteiger partial charge in [0.25, 0.3) is 0 Å². The number of piperidine rings is 1. The van der Waals surface area contributed by atoms with Crippen molar-refractivity contribution in [1.29, 1.82) is 10.8 Å². The van der Waals surface area contributed by atoms with E-state index in [1.165, 1.54) is 0 Å². The van der Waals surface area contributed by atoms with Gasteiger partial charge in [-0.25, -0.2) is 9.79 Å². The molecule has 1 aliphatic heterocycles. The molecule has 2 heterocycles. The molecular weight excluding hydrogens is 709 g/mol. The van der Waals surface area contributed by atoms with Crippen LogP contribution in [-0.4, -0.2) is 75.4 Å². The molecule has 1 aromatic heterocycles. The number of hydrogen-bond donors (Lipinski definition) is 7. The van der Waals surface area contributed by atoms with Gasteiger partial charge in [0.15, 0.2) is 0 Å². The number of aliphatic imine (C=N–C) groups is 1. The van der Waals surface area contributed by atoms with Crippen molar-refractivity contribution in [2.24, 2.45) is 16.1 Å². The van der Waals surface area contributed by atoms with Crippen LogP contribution in [-0.2, 0) is 0 Å². The number of carbonyl (C=O) groups excluding carboxylic acids is 1. The molecule has 11 N–H and O–H groups in total. The number of likely N-dealkylation sites (tertiary alicyclic amines) is 1. The lowest BCUT2D eigenvalue weighted by Gasteiger charge is -2.36. The number of benzene rings is 2. The minimum atomic E-state index is -0.425. The smallest absolute Gasteiger partial charge is 0.320 e. The number of aliphatic hydroxyl groups excluding tert-OH is 1. The number of thiol groups is 1. The van der Waals surface area contributed by atoms with Crippen LogP contribution in [0, 0.1) is 16.2 Å². The van der Waals surface area contributed by atoms with Crippen molar-refractivity contribution in [3.05, 3.63) is 95.2 Å². The standard InChI is InChI=1S/C38H50N8O4.CH4S.2H2O/c1-25-10-7-8-19-45(25)36(41)46-24-28(15-18-34(46)40)50-32-17-16-31(29-13-5-6-14-30(29)32)43-37(48)44-35(23-33(39)38(2,3)4)42-26-11-9-12-27(22-26)49-21-20-47;1-2;;/h5-6,9,11-15,18,22-25,31-32,40-41,47H,7-8,10,16-17,19-21,39H2,1-4H3,(H2,42,43,44,48);2H,1H3;2*1H2/b33-23-,40-34?,41-36?;;;/t25-,31-,32+;;;/m0.../s1. The zero-order chi connectivity index (χ0) is 37.8. The lowest BCUT2D eigenvalue weighted by molar-refractivity contribution is 0.170. The first-order valence-corrected chi connectivity index (χ1v) is 18.6. The van der Waals surface area contributed by atoms with Gasteiger partial charge in [0, 0.05) is 35.8 Å². The third-order valence-corrected chi connectivity index (χ3v) is 9.07. The van der Waals surface area contributed by atoms with E-state index in [1.807, 2.05) is 45.0 Å². The summed E-state index contributed by atoms with van der Waals surface area (Å²) in [6.07, 6.45) is 9.32. The highest BCUT2D eigenvalue weighted by Crippen LogP contribution is 2.38. The Morgan fingerprint density at radius 1 is 1.04 bits per heavy atom. The number of ether oxygens (including phenoxy) is 2. The number of allylic oxidation sites excluding steroid dienone is 1. The first-order chi connectivity index (χ1) is 24.9. The second-order valence-corrected chi connectivity index (χ2v) is 13.9. The van der Waals surface area contributed by atoms with Crippen molar-refractivity contribution in [3.8, 4) is 11.5 Å². The Morgan fingerprint density at radius 2 is 1.76 bits per heavy atom. The van der Waals surface area contributed by atoms with E-state index in [9.17, 15) is 4.79 Å². The minimum Gasteiger partial charge on any atom is -0.491 e. The predicted octanol–water partition coefficient (Wildman–Crippen LogP) is 4.77. The maximum Gasteiger partial charge on any atom is 0.320 e. The molecule has 296 valence electrons. The molecule has 0 bridgehead atoms. The van der Waals surface area contributed by atoms with Crippen LogP contribution >= 0.6 is 12.6 Å². The molecule has 0 saturated carbocycles. The summed E-state index contributed by atoms with van der Waals surface area (Å²) >= 11 is 3.53. The third kappa shape index (κ3) is 12.1. The largest absolute Gasteiger partial charge is 0.491 e. The summed E-state index contributed by atoms with van der Waals surface area (Å²) in [6, 6.07) is 18.0. The summed E-state index contributed by atoms with van der Waals surface area (Å²) < 4.78 is 13.6. The van der Waals surface area contributed by atoms with Crippen molar-refractivity contribution in [3.63, 3.8) is 0 Å². The van der Waals surface area contributed by atoms with Gasteiger partial charge in [-0.05, 0) is 80.7 Å². The fourth-order valence-corrected chi connectivity index (χ4v) is 6.18. The van der Waals surface area contributed by atoms with Crippen molar-refractivity contribution in [2.75, 3.05) is 26.0 Å². The summed E-state index contributed by atoms with van der Waals surface area (Å²) in [7, 11) is 0. The van der Waals surface area contributed by atoms with Crippen LogP contribution in [0.5, 0.6) is 11.5 Å². The van der Waals surface area contributed by atoms with E-state index in [4.69, 9.17) is 31.1 Å². The van der Waals surface area contributed by atoms with Crippen LogP contribution in [0.25, 0.3) is 0 Å². The molecule has 0 unspecified atom stereocenters. The van der Waals surface area contributed by atoms with Crippen LogP contribution in [0.1, 0.15) is 83.1 Å². The maximum atomic E-state index is 13.5. The lowest BCUT2D eigenvalue weighted by atomic mass is 9.85. The van der Waals surface area contributed by atoms with Crippen LogP contribution in [0.2, 0.25) is 0 Å². The molecule has 54 heavy (non-hydrogen) atoms. The fraction of sp³-hybridized carbons (Fsp3) is 0.436. The van der Waals surface area contributed by atoms with Gasteiger partial charge in [-0.3, -0.25) is 20.7 Å². The molecule has 1 fully saturated rings. The van der Waals surface area contributed by atoms with Crippen molar-refractivity contribution in [1.82, 2.24) is 20.1 Å². The molecule has 2 aliphatic rings. The Hall–Kier alpha value is -4.83. The van der Waals surface area contributed by atoms with Gasteiger partial charge in [0.2, 0.25) is 5.96 Å². The van der Waals surface area contributed by atoms with Crippen LogP contribution in [0.4, 0.5) is 10.5 Å². The van der Waals surface area contributed by atoms with Gasteiger partial charge < -0.3 is 41.5 Å². The van der Waals surface area contributed by atoms with E-state index in [-0.39, 0.29) is 65.1 Å². The molecule has 0 spiro atoms. The zero-order valence-electron chi connectivity index (χ0n) is 31.9. The number of rotatable bonds is 8. The van der Waals surface area contributed by atoms with Crippen molar-refractivity contribution >= 4 is 36.1 Å². The SMILES string of the molecule is CS.C[C@H]1CCCCN1C(=N)n1cc(O[C@@H]2CC[C@H](NC(=O)NC(/C=C(\N)C(C)(C)C)=Nc3cccc(OCCO)c3)c3ccccc32)ccc1=N.O.O. The van der Waals surface area contributed by atoms with E-state index in [1.54, 1.807) is 59.5 Å². The van der Waals surface area contributed by atoms with Gasteiger partial charge in [0.1, 0.15) is 35.5 Å². The summed E-state index contributed by atoms with van der Waals surface area (Å²) in [5, 5.41) is 32.5. The van der Waals surface area contributed by atoms with Crippen LogP contribution < -0.4 is 31.3 Å². The predicted molar refractivity (Wildman–Crippen MR) is 217 cm³/mol. The molecule has 1 saturated heterocycles. The maximum absolute atomic E-state index is 13.5. The highest BCUT2D eigenvalue weighted by atomic mass is 32.1. The van der Waals surface area contributed by atoms with Gasteiger partial charge in [-0.15, -0.1) is 0 Å². The highest BCUT2D eigenvalue weighted by molar-refractivity contribution is 7.79. The number of aromatic nitrogens is 1. The molecule has 2 aromatic carbocycles. The van der Waals surface area contributed by atoms with E-state index < -0.39 is 6.03 Å². The van der Waals surface area contributed by atoms with Gasteiger partial charge in [-0.1, -0.05) is 51.1 Å². The zero-order valence-corrected chi connectivity index (χ0v) is 32.7. The number of aliphatic hydroxyl groups is 1. The quantitative estimate of drug-likeness (QED) is 0.0968. The van der Waals surface area contributed by atoms with Crippen LogP contribution in [0.3, 0.4) is 0 Å². The molecule has 3 aromatic rings. The second-order valence-electron chi connectivity index (χ2n) is 13.9. The highest BCUT2D eigenvalue weighted by Gasteiger charge is 2.30. The number of carbonyl (C=O) groups is 1. The number of hydrogen-bond acceptors (Lipinski definition) is 9. The molecule has 1 aliphatic carbocycles. The number of amides is 2. The van der Waals surface area contributed by atoms with Gasteiger partial charge in [-0.2, -0.15) is 12.6 Å². The molecule has 0 radical (unpaired) electrons. The Bertz CT molecular complexity index is 1810. The number of nitrogens with zero attached hydrogens (tertiary/aromatic N) is 3. The molecule has 14 nitrogen and oxygen atoms in total. The van der Waals surface area contributed by atoms with Crippen molar-refractivity contribution in [2.45, 2.75) is 78.0 Å². The molecule has 3 atom stereocenters. The molecule has 15 heteroatoms. The first-order valence-electron chi connectivity index (χ1n) is 17.7. The number of fused-ring (bicyclic) bond motifs is 1. The van der Waals surface area contributed by atoms with E-state index in [0.29, 0.717) is 35.7 Å². The fourth-order valence-electron chi connectivity index (χ4n) is 6.18. The summed E-state index contributed by atoms with van der Waals surface area (Å²) in [4.78, 5) is 20.2. The van der Waals surface area contributed by atoms with E-state index in [0.717, 1.165) is 36.9 Å². The Morgan fingerprint density at radius 3 is 2.44 bits per heavy atom. The minimum absolute atomic E-state index is 0. The summed E-state index contributed by atoms with van der Waals surface area (Å²) in [6.45, 7) is 8.93. The van der Waals surface area contributed by atoms with Crippen molar-refractivity contribution < 1.29 is 30.3 Å². The Balaban J connectivity index is 0.00000248.